The summed E-state index contributed by atoms with van der Waals surface area (Å²) in [5.74, 6) is 0.201. The Morgan fingerprint density at radius 1 is 1.06 bits per heavy atom. The van der Waals surface area contributed by atoms with Crippen molar-refractivity contribution in [3.05, 3.63) is 51.4 Å². The predicted octanol–water partition coefficient (Wildman–Crippen LogP) is 3.69. The van der Waals surface area contributed by atoms with E-state index in [0.717, 1.165) is 37.9 Å². The molecule has 0 atom stereocenters. The molecule has 1 aromatic heterocycles. The average Bonchev–Trinajstić information content (AvgIpc) is 2.87. The molecular weight excluding hydrogens is 487 g/mol. The number of halogens is 2. The number of nitrogens with zero attached hydrogens (tertiary/aromatic N) is 4. The molecule has 2 amide bonds. The van der Waals surface area contributed by atoms with E-state index in [1.54, 1.807) is 11.0 Å². The molecule has 0 saturated carbocycles. The molecule has 2 fully saturated rings. The van der Waals surface area contributed by atoms with Crippen LogP contribution in [-0.2, 0) is 11.2 Å². The minimum absolute atomic E-state index is 0.144. The molecule has 3 N–H and O–H groups in total. The third-order valence-corrected chi connectivity index (χ3v) is 8.01. The second-order valence-electron chi connectivity index (χ2n) is 9.36. The van der Waals surface area contributed by atoms with Crippen molar-refractivity contribution < 1.29 is 9.59 Å². The molecule has 35 heavy (non-hydrogen) atoms. The van der Waals surface area contributed by atoms with Crippen LogP contribution in [0.5, 0.6) is 0 Å². The van der Waals surface area contributed by atoms with E-state index >= 15 is 0 Å². The van der Waals surface area contributed by atoms with Crippen LogP contribution in [0, 0.1) is 6.92 Å². The predicted molar refractivity (Wildman–Crippen MR) is 138 cm³/mol. The van der Waals surface area contributed by atoms with E-state index in [4.69, 9.17) is 28.9 Å². The molecule has 2 aliphatic rings. The number of carbonyl (C=O) groups is 2. The summed E-state index contributed by atoms with van der Waals surface area (Å²) in [6, 6.07) is 5.56. The molecule has 3 heterocycles. The molecule has 0 bridgehead atoms. The molecule has 188 valence electrons. The summed E-state index contributed by atoms with van der Waals surface area (Å²) in [6.45, 7) is 5.19. The van der Waals surface area contributed by atoms with Gasteiger partial charge in [0.15, 0.2) is 0 Å². The monoisotopic (exact) mass is 518 g/mol. The maximum absolute atomic E-state index is 13.3. The van der Waals surface area contributed by atoms with Crippen molar-refractivity contribution in [2.75, 3.05) is 38.0 Å². The lowest BCUT2D eigenvalue weighted by atomic mass is 9.83. The van der Waals surface area contributed by atoms with Crippen LogP contribution >= 0.6 is 23.2 Å². The van der Waals surface area contributed by atoms with Gasteiger partial charge >= 0.3 is 0 Å². The summed E-state index contributed by atoms with van der Waals surface area (Å²) >= 11 is 12.1. The number of aromatic nitrogens is 2. The van der Waals surface area contributed by atoms with E-state index in [-0.39, 0.29) is 11.8 Å². The maximum atomic E-state index is 13.3. The number of rotatable bonds is 7. The minimum Gasteiger partial charge on any atom is -0.369 e. The third kappa shape index (κ3) is 5.55. The van der Waals surface area contributed by atoms with Gasteiger partial charge in [0.2, 0.25) is 5.91 Å². The summed E-state index contributed by atoms with van der Waals surface area (Å²) in [6.07, 6.45) is 6.58. The van der Waals surface area contributed by atoms with Crippen molar-refractivity contribution in [1.82, 2.24) is 19.8 Å². The standard InChI is InChI=1S/C25H32Cl2N6O2/c1-17-21(30-16-31-22(17)29-10-7-18-5-6-19(26)20(27)15-18)23(34)32-13-8-25(9-14-32,24(28)35)33-11-3-2-4-12-33/h5-6,15-16H,2-4,7-14H2,1H3,(H2,28,35)(H,29,30,31). The summed E-state index contributed by atoms with van der Waals surface area (Å²) in [5.41, 5.74) is 7.36. The van der Waals surface area contributed by atoms with Gasteiger partial charge in [-0.1, -0.05) is 35.7 Å². The van der Waals surface area contributed by atoms with E-state index in [1.165, 1.54) is 12.7 Å². The van der Waals surface area contributed by atoms with Gasteiger partial charge < -0.3 is 16.0 Å². The second-order valence-corrected chi connectivity index (χ2v) is 10.2. The van der Waals surface area contributed by atoms with Gasteiger partial charge in [0, 0.05) is 25.2 Å². The molecule has 4 rings (SSSR count). The fraction of sp³-hybridized carbons (Fsp3) is 0.520. The highest BCUT2D eigenvalue weighted by atomic mass is 35.5. The Hall–Kier alpha value is -2.42. The van der Waals surface area contributed by atoms with Crippen molar-refractivity contribution in [3.63, 3.8) is 0 Å². The number of primary amides is 1. The Balaban J connectivity index is 1.39. The summed E-state index contributed by atoms with van der Waals surface area (Å²) in [4.78, 5) is 38.5. The number of nitrogens with two attached hydrogens (primary N) is 1. The van der Waals surface area contributed by atoms with E-state index in [2.05, 4.69) is 20.2 Å². The Kier molecular flexibility index (Phi) is 8.14. The summed E-state index contributed by atoms with van der Waals surface area (Å²) in [7, 11) is 0. The van der Waals surface area contributed by atoms with Crippen LogP contribution in [0.2, 0.25) is 10.0 Å². The van der Waals surface area contributed by atoms with Crippen molar-refractivity contribution in [2.45, 2.75) is 51.0 Å². The Bertz CT molecular complexity index is 1080. The number of anilines is 1. The molecule has 2 aliphatic heterocycles. The number of hydrogen-bond donors (Lipinski definition) is 2. The molecule has 1 aromatic carbocycles. The van der Waals surface area contributed by atoms with Gasteiger partial charge in [0.25, 0.3) is 5.91 Å². The lowest BCUT2D eigenvalue weighted by molar-refractivity contribution is -0.134. The van der Waals surface area contributed by atoms with Crippen molar-refractivity contribution >= 4 is 40.8 Å². The molecule has 2 aromatic rings. The highest BCUT2D eigenvalue weighted by Gasteiger charge is 2.46. The first kappa shape index (κ1) is 25.7. The van der Waals surface area contributed by atoms with Crippen LogP contribution in [-0.4, -0.2) is 69.8 Å². The van der Waals surface area contributed by atoms with Crippen LogP contribution in [0.4, 0.5) is 5.82 Å². The molecule has 0 unspecified atom stereocenters. The summed E-state index contributed by atoms with van der Waals surface area (Å²) < 4.78 is 0. The second kappa shape index (κ2) is 11.1. The fourth-order valence-electron chi connectivity index (χ4n) is 5.13. The normalized spacial score (nSPS) is 18.3. The first-order chi connectivity index (χ1) is 16.8. The number of nitrogens with one attached hydrogen (secondary N) is 1. The smallest absolute Gasteiger partial charge is 0.272 e. The van der Waals surface area contributed by atoms with E-state index in [1.807, 2.05) is 19.1 Å². The zero-order valence-electron chi connectivity index (χ0n) is 20.0. The van der Waals surface area contributed by atoms with Crippen molar-refractivity contribution in [1.29, 1.82) is 0 Å². The lowest BCUT2D eigenvalue weighted by Crippen LogP contribution is -2.63. The Morgan fingerprint density at radius 3 is 2.43 bits per heavy atom. The third-order valence-electron chi connectivity index (χ3n) is 7.27. The summed E-state index contributed by atoms with van der Waals surface area (Å²) in [5, 5.41) is 4.35. The van der Waals surface area contributed by atoms with Gasteiger partial charge in [-0.3, -0.25) is 14.5 Å². The maximum Gasteiger partial charge on any atom is 0.272 e. The SMILES string of the molecule is Cc1c(NCCc2ccc(Cl)c(Cl)c2)ncnc1C(=O)N1CCC(C(N)=O)(N2CCCCC2)CC1. The molecule has 2 saturated heterocycles. The van der Waals surface area contributed by atoms with Gasteiger partial charge in [-0.2, -0.15) is 0 Å². The highest BCUT2D eigenvalue weighted by Crippen LogP contribution is 2.32. The molecule has 0 aliphatic carbocycles. The van der Waals surface area contributed by atoms with E-state index < -0.39 is 5.54 Å². The van der Waals surface area contributed by atoms with Gasteiger partial charge in [-0.15, -0.1) is 0 Å². The largest absolute Gasteiger partial charge is 0.369 e. The molecular formula is C25H32Cl2N6O2. The number of piperidine rings is 2. The van der Waals surface area contributed by atoms with Gasteiger partial charge in [0.05, 0.1) is 10.0 Å². The average molecular weight is 519 g/mol. The van der Waals surface area contributed by atoms with Crippen molar-refractivity contribution in [2.24, 2.45) is 5.73 Å². The van der Waals surface area contributed by atoms with Crippen LogP contribution in [0.1, 0.15) is 53.7 Å². The number of likely N-dealkylation sites (tertiary alicyclic amines) is 2. The molecule has 0 spiro atoms. The minimum atomic E-state index is -0.658. The van der Waals surface area contributed by atoms with Crippen molar-refractivity contribution in [3.8, 4) is 0 Å². The number of hydrogen-bond acceptors (Lipinski definition) is 6. The first-order valence-corrected chi connectivity index (χ1v) is 12.9. The number of amides is 2. The van der Waals surface area contributed by atoms with Crippen LogP contribution in [0.25, 0.3) is 0 Å². The first-order valence-electron chi connectivity index (χ1n) is 12.2. The zero-order chi connectivity index (χ0) is 25.0. The van der Waals surface area contributed by atoms with E-state index in [9.17, 15) is 9.59 Å². The quantitative estimate of drug-likeness (QED) is 0.578. The zero-order valence-corrected chi connectivity index (χ0v) is 21.5. The molecule has 10 heteroatoms. The Morgan fingerprint density at radius 2 is 1.77 bits per heavy atom. The lowest BCUT2D eigenvalue weighted by Gasteiger charge is -2.48. The van der Waals surface area contributed by atoms with Crippen LogP contribution in [0.15, 0.2) is 24.5 Å². The number of benzene rings is 1. The van der Waals surface area contributed by atoms with Crippen LogP contribution in [0.3, 0.4) is 0 Å². The topological polar surface area (TPSA) is 104 Å². The molecule has 8 nitrogen and oxygen atoms in total. The fourth-order valence-corrected chi connectivity index (χ4v) is 5.45. The Labute approximate surface area is 216 Å². The number of carbonyl (C=O) groups excluding carboxylic acids is 2. The van der Waals surface area contributed by atoms with Gasteiger partial charge in [0.1, 0.15) is 23.4 Å². The van der Waals surface area contributed by atoms with Gasteiger partial charge in [-0.05, 0) is 69.8 Å². The molecule has 0 radical (unpaired) electrons. The van der Waals surface area contributed by atoms with Crippen LogP contribution < -0.4 is 11.1 Å². The van der Waals surface area contributed by atoms with E-state index in [0.29, 0.717) is 59.6 Å². The van der Waals surface area contributed by atoms with Gasteiger partial charge in [-0.25, -0.2) is 9.97 Å². The highest BCUT2D eigenvalue weighted by molar-refractivity contribution is 6.42.